The summed E-state index contributed by atoms with van der Waals surface area (Å²) in [6, 6.07) is 14.1. The fourth-order valence-corrected chi connectivity index (χ4v) is 17.6. The molecule has 0 fully saturated rings. The smallest absolute Gasteiger partial charge is 0.147 e. The molecule has 0 amide bonds. The van der Waals surface area contributed by atoms with Gasteiger partial charge in [-0.3, -0.25) is 0 Å². The molecule has 4 aromatic heterocycles. The molecule has 0 saturated heterocycles. The summed E-state index contributed by atoms with van der Waals surface area (Å²) in [5.74, 6) is 1.08. The zero-order valence-electron chi connectivity index (χ0n) is 48.4. The van der Waals surface area contributed by atoms with Gasteiger partial charge < -0.3 is 0 Å². The van der Waals surface area contributed by atoms with Crippen molar-refractivity contribution in [2.45, 2.75) is 297 Å². The number of thiophene rings is 4. The van der Waals surface area contributed by atoms with Gasteiger partial charge in [0.25, 0.3) is 0 Å². The molecule has 0 aliphatic rings. The van der Waals surface area contributed by atoms with Gasteiger partial charge in [0.15, 0.2) is 0 Å². The largest absolute Gasteiger partial charge is 0.192 e. The van der Waals surface area contributed by atoms with Crippen LogP contribution in [0.3, 0.4) is 0 Å². The zero-order chi connectivity index (χ0) is 54.0. The molecule has 76 heavy (non-hydrogen) atoms. The van der Waals surface area contributed by atoms with Crippen LogP contribution in [0.5, 0.6) is 0 Å². The molecule has 416 valence electrons. The van der Waals surface area contributed by atoms with Gasteiger partial charge in [-0.15, -0.1) is 45.3 Å². The summed E-state index contributed by atoms with van der Waals surface area (Å²) in [6.45, 7) is 9.17. The molecule has 5 aromatic rings. The molecule has 0 radical (unpaired) electrons. The van der Waals surface area contributed by atoms with Gasteiger partial charge in [0.1, 0.15) is 35.4 Å². The topological polar surface area (TPSA) is 95.2 Å². The Balaban J connectivity index is 1.43. The quantitative estimate of drug-likeness (QED) is 0.0363. The highest BCUT2D eigenvalue weighted by Gasteiger charge is 2.24. The van der Waals surface area contributed by atoms with Crippen LogP contribution in [0.2, 0.25) is 0 Å². The molecule has 5 rings (SSSR count). The molecule has 0 aliphatic heterocycles. The summed E-state index contributed by atoms with van der Waals surface area (Å²) in [7, 11) is 0. The van der Waals surface area contributed by atoms with Gasteiger partial charge >= 0.3 is 0 Å². The average molecular weight is 1100 g/mol. The van der Waals surface area contributed by atoms with Crippen LogP contribution in [0.1, 0.15) is 296 Å². The maximum absolute atomic E-state index is 10.4. The second-order valence-electron chi connectivity index (χ2n) is 23.0. The Morgan fingerprint density at radius 2 is 0.566 bits per heavy atom. The van der Waals surface area contributed by atoms with Crippen LogP contribution < -0.4 is 9.06 Å². The van der Waals surface area contributed by atoms with E-state index in [0.29, 0.717) is 11.8 Å². The molecule has 4 heterocycles. The van der Waals surface area contributed by atoms with Gasteiger partial charge in [0.05, 0.1) is 27.9 Å². The summed E-state index contributed by atoms with van der Waals surface area (Å²) >= 11 is 7.07. The fraction of sp³-hybridized carbons (Fsp3) is 0.706. The summed E-state index contributed by atoms with van der Waals surface area (Å²) in [5.41, 5.74) is 2.99. The van der Waals surface area contributed by atoms with Crippen LogP contribution in [-0.2, 0) is 12.8 Å². The molecule has 1 aromatic carbocycles. The number of hydrogen-bond acceptors (Lipinski definition) is 8. The number of nitriles is 4. The maximum atomic E-state index is 10.4. The summed E-state index contributed by atoms with van der Waals surface area (Å²) in [5, 5.41) is 44.0. The van der Waals surface area contributed by atoms with Crippen molar-refractivity contribution in [3.8, 4) is 24.3 Å². The van der Waals surface area contributed by atoms with Crippen LogP contribution in [0.25, 0.3) is 50.1 Å². The first-order valence-corrected chi connectivity index (χ1v) is 34.9. The van der Waals surface area contributed by atoms with Gasteiger partial charge in [0.2, 0.25) is 0 Å². The van der Waals surface area contributed by atoms with Gasteiger partial charge in [-0.05, 0) is 47.9 Å². The molecule has 2 unspecified atom stereocenters. The minimum Gasteiger partial charge on any atom is -0.192 e. The van der Waals surface area contributed by atoms with E-state index in [1.54, 1.807) is 22.7 Å². The highest BCUT2D eigenvalue weighted by molar-refractivity contribution is 7.34. The monoisotopic (exact) mass is 1100 g/mol. The first-order valence-electron chi connectivity index (χ1n) is 31.7. The minimum absolute atomic E-state index is 0.262. The van der Waals surface area contributed by atoms with E-state index in [1.165, 1.54) is 307 Å². The molecular formula is C68H100N4S4. The number of rotatable bonds is 44. The van der Waals surface area contributed by atoms with Crippen LogP contribution in [0.4, 0.5) is 0 Å². The minimum atomic E-state index is 0.262. The van der Waals surface area contributed by atoms with Crippen molar-refractivity contribution in [1.29, 1.82) is 21.0 Å². The van der Waals surface area contributed by atoms with E-state index in [0.717, 1.165) is 21.9 Å². The number of fused-ring (bicyclic) bond motifs is 6. The van der Waals surface area contributed by atoms with E-state index in [-0.39, 0.29) is 11.1 Å². The van der Waals surface area contributed by atoms with E-state index >= 15 is 0 Å². The van der Waals surface area contributed by atoms with E-state index < -0.39 is 0 Å². The highest BCUT2D eigenvalue weighted by Crippen LogP contribution is 2.46. The lowest BCUT2D eigenvalue weighted by Gasteiger charge is -2.17. The van der Waals surface area contributed by atoms with Crippen LogP contribution >= 0.6 is 45.3 Å². The third-order valence-electron chi connectivity index (χ3n) is 16.7. The van der Waals surface area contributed by atoms with E-state index in [9.17, 15) is 21.0 Å². The SMILES string of the molecule is CCCCCCCCCCCCC(CCCCCCCCCC)Cc1c(=C(C#N)C#N)sc2c1sc1cc3c(cc12)sc1c(CC(CCCCCCCCCC)CCCCCCCCCCCC)c(=C(C#N)C#N)sc13. The molecule has 4 nitrogen and oxygen atoms in total. The maximum Gasteiger partial charge on any atom is 0.147 e. The lowest BCUT2D eigenvalue weighted by Crippen LogP contribution is -2.13. The Labute approximate surface area is 479 Å². The summed E-state index contributed by atoms with van der Waals surface area (Å²) in [6.07, 6.45) is 54.7. The Hall–Kier alpha value is -3.24. The molecule has 0 saturated carbocycles. The summed E-state index contributed by atoms with van der Waals surface area (Å²) < 4.78 is 9.29. The predicted octanol–water partition coefficient (Wildman–Crippen LogP) is 22.9. The highest BCUT2D eigenvalue weighted by atomic mass is 32.1. The van der Waals surface area contributed by atoms with Gasteiger partial charge in [-0.1, -0.05) is 285 Å². The zero-order valence-corrected chi connectivity index (χ0v) is 51.7. The lowest BCUT2D eigenvalue weighted by atomic mass is 9.88. The van der Waals surface area contributed by atoms with E-state index in [2.05, 4.69) is 64.1 Å². The molecule has 0 bridgehead atoms. The molecule has 2 atom stereocenters. The van der Waals surface area contributed by atoms with Gasteiger partial charge in [-0.2, -0.15) is 21.0 Å². The van der Waals surface area contributed by atoms with Crippen molar-refractivity contribution >= 4 is 95.5 Å². The average Bonchev–Trinajstić information content (AvgIpc) is 4.17. The number of benzene rings is 1. The first-order chi connectivity index (χ1) is 37.5. The van der Waals surface area contributed by atoms with Crippen molar-refractivity contribution < 1.29 is 0 Å². The standard InChI is InChI=1S/C68H100N4S4/c1-5-9-13-17-21-25-27-31-35-39-43-53(41-37-33-29-23-19-15-11-7-3)45-59-63(55(49-69)50-70)75-65-57-47-62-58(48-61(57)73-67(59)65)66-68(74-62)60(64(76-66)56(51-71)52-72)46-54(42-38-34-30-24-20-16-12-8-4)44-40-36-32-28-26-22-18-14-10-6-2/h47-48,53-54H,5-46H2,1-4H3. The Bertz CT molecular complexity index is 2500. The number of unbranched alkanes of at least 4 members (excludes halogenated alkanes) is 32. The number of nitrogens with zero attached hydrogens (tertiary/aromatic N) is 4. The van der Waals surface area contributed by atoms with E-state index in [4.69, 9.17) is 0 Å². The third kappa shape index (κ3) is 20.8. The van der Waals surface area contributed by atoms with Crippen molar-refractivity contribution in [3.63, 3.8) is 0 Å². The second-order valence-corrected chi connectivity index (χ2v) is 27.1. The molecule has 0 aliphatic carbocycles. The molecule has 0 spiro atoms. The Morgan fingerprint density at radius 1 is 0.329 bits per heavy atom. The Kier molecular flexibility index (Phi) is 32.1. The van der Waals surface area contributed by atoms with Crippen molar-refractivity contribution in [1.82, 2.24) is 0 Å². The summed E-state index contributed by atoms with van der Waals surface area (Å²) in [4.78, 5) is 0. The second kappa shape index (κ2) is 38.4. The molecular weight excluding hydrogens is 1000 g/mol. The van der Waals surface area contributed by atoms with Crippen molar-refractivity contribution in [3.05, 3.63) is 32.3 Å². The van der Waals surface area contributed by atoms with Gasteiger partial charge in [-0.25, -0.2) is 0 Å². The van der Waals surface area contributed by atoms with Crippen LogP contribution in [0, 0.1) is 57.2 Å². The van der Waals surface area contributed by atoms with Crippen LogP contribution in [0.15, 0.2) is 12.1 Å². The molecule has 0 N–H and O–H groups in total. The van der Waals surface area contributed by atoms with Crippen LogP contribution in [-0.4, -0.2) is 0 Å². The number of hydrogen-bond donors (Lipinski definition) is 0. The fourth-order valence-electron chi connectivity index (χ4n) is 12.1. The normalized spacial score (nSPS) is 12.4. The van der Waals surface area contributed by atoms with Gasteiger partial charge in [0, 0.05) is 20.2 Å². The first kappa shape index (κ1) is 63.6. The van der Waals surface area contributed by atoms with Crippen molar-refractivity contribution in [2.24, 2.45) is 11.8 Å². The third-order valence-corrected chi connectivity index (χ3v) is 21.9. The molecule has 8 heteroatoms. The van der Waals surface area contributed by atoms with E-state index in [1.807, 2.05) is 22.7 Å². The Morgan fingerprint density at radius 3 is 0.803 bits per heavy atom. The lowest BCUT2D eigenvalue weighted by molar-refractivity contribution is 0.400. The van der Waals surface area contributed by atoms with Crippen molar-refractivity contribution in [2.75, 3.05) is 0 Å². The predicted molar refractivity (Wildman–Crippen MR) is 338 cm³/mol.